The fraction of sp³-hybridized carbons (Fsp3) is 0.429. The molecule has 0 aromatic heterocycles. The Morgan fingerprint density at radius 1 is 1.42 bits per heavy atom. The molecule has 2 rings (SSSR count). The zero-order valence-electron chi connectivity index (χ0n) is 10.8. The van der Waals surface area contributed by atoms with Crippen LogP contribution in [0.5, 0.6) is 5.75 Å². The summed E-state index contributed by atoms with van der Waals surface area (Å²) in [5, 5.41) is 18.6. The first-order valence-corrected chi connectivity index (χ1v) is 6.25. The van der Waals surface area contributed by atoms with E-state index in [0.717, 1.165) is 0 Å². The van der Waals surface area contributed by atoms with E-state index in [1.807, 2.05) is 0 Å². The van der Waals surface area contributed by atoms with Gasteiger partial charge in [0.25, 0.3) is 0 Å². The summed E-state index contributed by atoms with van der Waals surface area (Å²) in [4.78, 5) is 25.0. The van der Waals surface area contributed by atoms with E-state index in [1.165, 1.54) is 17.0 Å². The van der Waals surface area contributed by atoms with Gasteiger partial charge in [0.2, 0.25) is 5.91 Å². The number of carbonyl (C=O) groups excluding carboxylic acids is 1. The van der Waals surface area contributed by atoms with E-state index in [9.17, 15) is 19.8 Å². The van der Waals surface area contributed by atoms with Gasteiger partial charge >= 0.3 is 5.97 Å². The number of carboxylic acids is 1. The minimum Gasteiger partial charge on any atom is -0.508 e. The van der Waals surface area contributed by atoms with E-state index >= 15 is 0 Å². The molecule has 1 fully saturated rings. The number of nitrogens with zero attached hydrogens (tertiary/aromatic N) is 1. The van der Waals surface area contributed by atoms with E-state index in [4.69, 9.17) is 0 Å². The average Bonchev–Trinajstić information content (AvgIpc) is 2.73. The van der Waals surface area contributed by atoms with Crippen LogP contribution in [0, 0.1) is 0 Å². The van der Waals surface area contributed by atoms with Gasteiger partial charge in [-0.05, 0) is 37.5 Å². The van der Waals surface area contributed by atoms with Crippen LogP contribution in [0.25, 0.3) is 0 Å². The molecule has 1 aliphatic heterocycles. The van der Waals surface area contributed by atoms with Crippen molar-refractivity contribution in [2.75, 3.05) is 6.54 Å². The molecule has 1 atom stereocenters. The molecule has 1 aliphatic rings. The summed E-state index contributed by atoms with van der Waals surface area (Å²) in [5.41, 5.74) is -0.418. The number of aromatic hydroxyl groups is 1. The molecule has 2 N–H and O–H groups in total. The third-order valence-corrected chi connectivity index (χ3v) is 3.67. The van der Waals surface area contributed by atoms with Crippen LogP contribution in [0.15, 0.2) is 24.3 Å². The van der Waals surface area contributed by atoms with Gasteiger partial charge in [-0.15, -0.1) is 0 Å². The minimum absolute atomic E-state index is 0.104. The highest BCUT2D eigenvalue weighted by molar-refractivity contribution is 5.88. The molecule has 5 nitrogen and oxygen atoms in total. The molecule has 1 amide bonds. The van der Waals surface area contributed by atoms with Gasteiger partial charge in [0.1, 0.15) is 11.3 Å². The first-order chi connectivity index (χ1) is 8.93. The number of carboxylic acid groups (broad SMARTS) is 1. The van der Waals surface area contributed by atoms with Gasteiger partial charge in [-0.2, -0.15) is 0 Å². The highest BCUT2D eigenvalue weighted by Crippen LogP contribution is 2.30. The summed E-state index contributed by atoms with van der Waals surface area (Å²) < 4.78 is 0. The fourth-order valence-corrected chi connectivity index (χ4v) is 2.52. The molecule has 5 heteroatoms. The highest BCUT2D eigenvalue weighted by atomic mass is 16.4. The van der Waals surface area contributed by atoms with Crippen molar-refractivity contribution in [1.29, 1.82) is 0 Å². The Bertz CT molecular complexity index is 514. The first-order valence-electron chi connectivity index (χ1n) is 6.25. The van der Waals surface area contributed by atoms with E-state index in [0.29, 0.717) is 24.9 Å². The lowest BCUT2D eigenvalue weighted by Crippen LogP contribution is -2.51. The van der Waals surface area contributed by atoms with Crippen molar-refractivity contribution < 1.29 is 19.8 Å². The number of phenolic OH excluding ortho intramolecular Hbond substituents is 1. The molecule has 102 valence electrons. The van der Waals surface area contributed by atoms with Gasteiger partial charge < -0.3 is 15.1 Å². The first kappa shape index (κ1) is 13.4. The Kier molecular flexibility index (Phi) is 3.46. The van der Waals surface area contributed by atoms with E-state index < -0.39 is 11.5 Å². The zero-order chi connectivity index (χ0) is 14.0. The lowest BCUT2D eigenvalue weighted by atomic mass is 9.98. The maximum Gasteiger partial charge on any atom is 0.329 e. The molecular weight excluding hydrogens is 246 g/mol. The average molecular weight is 263 g/mol. The molecule has 0 bridgehead atoms. The largest absolute Gasteiger partial charge is 0.508 e. The number of carbonyl (C=O) groups is 2. The molecule has 1 unspecified atom stereocenters. The van der Waals surface area contributed by atoms with Crippen molar-refractivity contribution in [2.24, 2.45) is 0 Å². The molecule has 1 aromatic carbocycles. The summed E-state index contributed by atoms with van der Waals surface area (Å²) in [6.45, 7) is 2.06. The summed E-state index contributed by atoms with van der Waals surface area (Å²) in [7, 11) is 0. The summed E-state index contributed by atoms with van der Waals surface area (Å²) in [6.07, 6.45) is 1.29. The molecule has 0 spiro atoms. The number of aliphatic carboxylic acids is 1. The third-order valence-electron chi connectivity index (χ3n) is 3.67. The third kappa shape index (κ3) is 2.54. The Hall–Kier alpha value is -2.04. The molecule has 1 heterocycles. The Morgan fingerprint density at radius 2 is 2.16 bits per heavy atom. The van der Waals surface area contributed by atoms with Crippen molar-refractivity contribution in [1.82, 2.24) is 4.90 Å². The maximum absolute atomic E-state index is 12.2. The minimum atomic E-state index is -1.10. The highest BCUT2D eigenvalue weighted by Gasteiger charge is 2.45. The molecule has 0 saturated carbocycles. The number of benzene rings is 1. The number of phenols is 1. The molecule has 1 aromatic rings. The van der Waals surface area contributed by atoms with E-state index in [-0.39, 0.29) is 18.1 Å². The van der Waals surface area contributed by atoms with E-state index in [1.54, 1.807) is 19.1 Å². The van der Waals surface area contributed by atoms with Gasteiger partial charge in [-0.1, -0.05) is 12.1 Å². The quantitative estimate of drug-likeness (QED) is 0.864. The fourth-order valence-electron chi connectivity index (χ4n) is 2.52. The van der Waals surface area contributed by atoms with Gasteiger partial charge in [-0.3, -0.25) is 4.79 Å². The summed E-state index contributed by atoms with van der Waals surface area (Å²) >= 11 is 0. The van der Waals surface area contributed by atoms with Crippen LogP contribution in [0.4, 0.5) is 0 Å². The monoisotopic (exact) mass is 263 g/mol. The van der Waals surface area contributed by atoms with Crippen LogP contribution in [0.1, 0.15) is 25.3 Å². The van der Waals surface area contributed by atoms with Gasteiger partial charge in [0.15, 0.2) is 0 Å². The van der Waals surface area contributed by atoms with Crippen LogP contribution < -0.4 is 0 Å². The van der Waals surface area contributed by atoms with Gasteiger partial charge in [0.05, 0.1) is 6.42 Å². The van der Waals surface area contributed by atoms with Crippen LogP contribution in [-0.2, 0) is 16.0 Å². The Balaban J connectivity index is 2.14. The molecular formula is C14H17NO4. The van der Waals surface area contributed by atoms with Gasteiger partial charge in [-0.25, -0.2) is 4.79 Å². The Labute approximate surface area is 111 Å². The number of likely N-dealkylation sites (tertiary alicyclic amines) is 1. The second-order valence-corrected chi connectivity index (χ2v) is 5.07. The number of amides is 1. The summed E-state index contributed by atoms with van der Waals surface area (Å²) in [6, 6.07) is 6.46. The maximum atomic E-state index is 12.2. The van der Waals surface area contributed by atoms with Crippen LogP contribution in [0.2, 0.25) is 0 Å². The SMILES string of the molecule is CC1(C(=O)O)CCCN1C(=O)Cc1cccc(O)c1. The predicted molar refractivity (Wildman–Crippen MR) is 68.8 cm³/mol. The lowest BCUT2D eigenvalue weighted by molar-refractivity contribution is -0.155. The van der Waals surface area contributed by atoms with Crippen molar-refractivity contribution in [2.45, 2.75) is 31.7 Å². The number of hydrogen-bond donors (Lipinski definition) is 2. The van der Waals surface area contributed by atoms with Crippen LogP contribution >= 0.6 is 0 Å². The van der Waals surface area contributed by atoms with E-state index in [2.05, 4.69) is 0 Å². The molecule has 0 radical (unpaired) electrons. The van der Waals surface area contributed by atoms with Crippen molar-refractivity contribution in [3.05, 3.63) is 29.8 Å². The second-order valence-electron chi connectivity index (χ2n) is 5.07. The summed E-state index contributed by atoms with van der Waals surface area (Å²) in [5.74, 6) is -1.07. The molecule has 0 aliphatic carbocycles. The molecule has 1 saturated heterocycles. The molecule has 19 heavy (non-hydrogen) atoms. The topological polar surface area (TPSA) is 77.8 Å². The van der Waals surface area contributed by atoms with Crippen LogP contribution in [0.3, 0.4) is 0 Å². The predicted octanol–water partition coefficient (Wildman–Crippen LogP) is 1.40. The van der Waals surface area contributed by atoms with Crippen LogP contribution in [-0.4, -0.2) is 39.1 Å². The smallest absolute Gasteiger partial charge is 0.329 e. The van der Waals surface area contributed by atoms with Gasteiger partial charge in [0, 0.05) is 6.54 Å². The van der Waals surface area contributed by atoms with Crippen molar-refractivity contribution in [3.8, 4) is 5.75 Å². The Morgan fingerprint density at radius 3 is 2.79 bits per heavy atom. The number of rotatable bonds is 3. The standard InChI is InChI=1S/C14H17NO4/c1-14(13(18)19)6-3-7-15(14)12(17)9-10-4-2-5-11(16)8-10/h2,4-5,8,16H,3,6-7,9H2,1H3,(H,18,19). The second kappa shape index (κ2) is 4.91. The van der Waals surface area contributed by atoms with Crippen molar-refractivity contribution in [3.63, 3.8) is 0 Å². The lowest BCUT2D eigenvalue weighted by Gasteiger charge is -2.31. The number of hydrogen-bond acceptors (Lipinski definition) is 3. The zero-order valence-corrected chi connectivity index (χ0v) is 10.8. The normalized spacial score (nSPS) is 22.5. The van der Waals surface area contributed by atoms with Crippen molar-refractivity contribution >= 4 is 11.9 Å².